The van der Waals surface area contributed by atoms with Gasteiger partial charge in [0.2, 0.25) is 0 Å². The van der Waals surface area contributed by atoms with Crippen LogP contribution >= 0.6 is 0 Å². The number of benzene rings is 1. The summed E-state index contributed by atoms with van der Waals surface area (Å²) in [6, 6.07) is 7.20. The molecule has 1 aromatic carbocycles. The Morgan fingerprint density at radius 1 is 0.957 bits per heavy atom. The molecule has 0 bridgehead atoms. The van der Waals surface area contributed by atoms with Gasteiger partial charge in [0.25, 0.3) is 0 Å². The van der Waals surface area contributed by atoms with Crippen LogP contribution in [0.25, 0.3) is 0 Å². The predicted molar refractivity (Wildman–Crippen MR) is 94.1 cm³/mol. The van der Waals surface area contributed by atoms with E-state index in [0.29, 0.717) is 12.2 Å². The molecule has 1 aromatic rings. The lowest BCUT2D eigenvalue weighted by molar-refractivity contribution is 0.0466. The van der Waals surface area contributed by atoms with Crippen molar-refractivity contribution in [2.24, 2.45) is 0 Å². The minimum absolute atomic E-state index is 0.272. The molecule has 0 unspecified atom stereocenters. The Bertz CT molecular complexity index is 427. The fraction of sp³-hybridized carbons (Fsp3) is 0.632. The van der Waals surface area contributed by atoms with Crippen LogP contribution in [0, 0.1) is 0 Å². The van der Waals surface area contributed by atoms with Crippen molar-refractivity contribution in [3.63, 3.8) is 0 Å². The standard InChI is InChI=1S/C19H31NO3/c1-4-7-8-9-15-22-18-12-10-17(11-13-18)19(21)23-16-14-20(5-2)6-3/h10-13H,4-9,14-16H2,1-3H3. The monoisotopic (exact) mass is 321 g/mol. The number of hydrogen-bond acceptors (Lipinski definition) is 4. The smallest absolute Gasteiger partial charge is 0.338 e. The second kappa shape index (κ2) is 11.9. The zero-order valence-electron chi connectivity index (χ0n) is 14.8. The van der Waals surface area contributed by atoms with Crippen molar-refractivity contribution >= 4 is 5.97 Å². The third-order valence-corrected chi connectivity index (χ3v) is 3.89. The molecule has 0 heterocycles. The lowest BCUT2D eigenvalue weighted by Gasteiger charge is -2.17. The Morgan fingerprint density at radius 2 is 1.65 bits per heavy atom. The van der Waals surface area contributed by atoms with Crippen molar-refractivity contribution in [3.05, 3.63) is 29.8 Å². The van der Waals surface area contributed by atoms with E-state index in [1.165, 1.54) is 19.3 Å². The van der Waals surface area contributed by atoms with Crippen molar-refractivity contribution in [1.29, 1.82) is 0 Å². The Hall–Kier alpha value is -1.55. The summed E-state index contributed by atoms with van der Waals surface area (Å²) in [6.07, 6.45) is 4.75. The molecule has 1 rings (SSSR count). The zero-order valence-corrected chi connectivity index (χ0v) is 14.8. The van der Waals surface area contributed by atoms with E-state index in [-0.39, 0.29) is 5.97 Å². The summed E-state index contributed by atoms with van der Waals surface area (Å²) in [4.78, 5) is 14.2. The summed E-state index contributed by atoms with van der Waals surface area (Å²) in [5.74, 6) is 0.535. The molecule has 0 N–H and O–H groups in total. The van der Waals surface area contributed by atoms with Gasteiger partial charge in [0, 0.05) is 6.54 Å². The number of nitrogens with zero attached hydrogens (tertiary/aromatic N) is 1. The van der Waals surface area contributed by atoms with E-state index in [9.17, 15) is 4.79 Å². The maximum atomic E-state index is 12.0. The SMILES string of the molecule is CCCCCCOc1ccc(C(=O)OCCN(CC)CC)cc1. The average molecular weight is 321 g/mol. The van der Waals surface area contributed by atoms with Crippen LogP contribution in [0.5, 0.6) is 5.75 Å². The second-order valence-electron chi connectivity index (χ2n) is 5.60. The first-order chi connectivity index (χ1) is 11.2. The third kappa shape index (κ3) is 8.03. The van der Waals surface area contributed by atoms with Gasteiger partial charge < -0.3 is 14.4 Å². The van der Waals surface area contributed by atoms with Crippen LogP contribution in [0.1, 0.15) is 56.8 Å². The Morgan fingerprint density at radius 3 is 2.26 bits per heavy atom. The number of carbonyl (C=O) groups is 1. The fourth-order valence-corrected chi connectivity index (χ4v) is 2.30. The minimum Gasteiger partial charge on any atom is -0.494 e. The number of hydrogen-bond donors (Lipinski definition) is 0. The molecule has 130 valence electrons. The third-order valence-electron chi connectivity index (χ3n) is 3.89. The Balaban J connectivity index is 2.30. The summed E-state index contributed by atoms with van der Waals surface area (Å²) in [7, 11) is 0. The molecule has 4 heteroatoms. The van der Waals surface area contributed by atoms with Crippen LogP contribution in [-0.2, 0) is 4.74 Å². The highest BCUT2D eigenvalue weighted by Crippen LogP contribution is 2.14. The average Bonchev–Trinajstić information content (AvgIpc) is 2.59. The number of ether oxygens (including phenoxy) is 2. The molecule has 0 aromatic heterocycles. The maximum absolute atomic E-state index is 12.0. The van der Waals surface area contributed by atoms with E-state index in [4.69, 9.17) is 9.47 Å². The van der Waals surface area contributed by atoms with Crippen molar-refractivity contribution in [2.45, 2.75) is 46.5 Å². The van der Waals surface area contributed by atoms with E-state index in [1.807, 2.05) is 12.1 Å². The lowest BCUT2D eigenvalue weighted by Crippen LogP contribution is -2.27. The molecule has 0 aliphatic heterocycles. The molecule has 0 aliphatic carbocycles. The number of likely N-dealkylation sites (N-methyl/N-ethyl adjacent to an activating group) is 1. The van der Waals surface area contributed by atoms with Gasteiger partial charge in [-0.25, -0.2) is 4.79 Å². The first-order valence-electron chi connectivity index (χ1n) is 8.83. The molecule has 0 radical (unpaired) electrons. The molecule has 0 spiro atoms. The van der Waals surface area contributed by atoms with Crippen molar-refractivity contribution in [1.82, 2.24) is 4.90 Å². The van der Waals surface area contributed by atoms with Gasteiger partial charge in [-0.1, -0.05) is 40.0 Å². The van der Waals surface area contributed by atoms with E-state index >= 15 is 0 Å². The largest absolute Gasteiger partial charge is 0.494 e. The van der Waals surface area contributed by atoms with Gasteiger partial charge in [0.05, 0.1) is 12.2 Å². The second-order valence-corrected chi connectivity index (χ2v) is 5.60. The van der Waals surface area contributed by atoms with Crippen LogP contribution in [0.3, 0.4) is 0 Å². The predicted octanol–water partition coefficient (Wildman–Crippen LogP) is 4.14. The highest BCUT2D eigenvalue weighted by atomic mass is 16.5. The molecule has 0 atom stereocenters. The summed E-state index contributed by atoms with van der Waals surface area (Å²) >= 11 is 0. The van der Waals surface area contributed by atoms with Gasteiger partial charge in [0.15, 0.2) is 0 Å². The van der Waals surface area contributed by atoms with Crippen LogP contribution in [0.15, 0.2) is 24.3 Å². The topological polar surface area (TPSA) is 38.8 Å². The van der Waals surface area contributed by atoms with Gasteiger partial charge in [-0.05, 0) is 43.8 Å². The molecular formula is C19H31NO3. The minimum atomic E-state index is -0.272. The van der Waals surface area contributed by atoms with Crippen LogP contribution in [0.4, 0.5) is 0 Å². The van der Waals surface area contributed by atoms with Crippen molar-refractivity contribution in [3.8, 4) is 5.75 Å². The highest BCUT2D eigenvalue weighted by molar-refractivity contribution is 5.89. The molecule has 0 amide bonds. The number of esters is 1. The van der Waals surface area contributed by atoms with E-state index < -0.39 is 0 Å². The number of rotatable bonds is 12. The lowest BCUT2D eigenvalue weighted by atomic mass is 10.2. The zero-order chi connectivity index (χ0) is 16.9. The highest BCUT2D eigenvalue weighted by Gasteiger charge is 2.08. The first-order valence-corrected chi connectivity index (χ1v) is 8.83. The fourth-order valence-electron chi connectivity index (χ4n) is 2.30. The maximum Gasteiger partial charge on any atom is 0.338 e. The van der Waals surface area contributed by atoms with Gasteiger partial charge in [-0.3, -0.25) is 0 Å². The van der Waals surface area contributed by atoms with Gasteiger partial charge in [-0.15, -0.1) is 0 Å². The summed E-state index contributed by atoms with van der Waals surface area (Å²) < 4.78 is 11.0. The molecule has 23 heavy (non-hydrogen) atoms. The normalized spacial score (nSPS) is 10.8. The Labute approximate surface area is 140 Å². The van der Waals surface area contributed by atoms with E-state index in [0.717, 1.165) is 38.4 Å². The molecule has 0 saturated carbocycles. The van der Waals surface area contributed by atoms with E-state index in [1.54, 1.807) is 12.1 Å². The summed E-state index contributed by atoms with van der Waals surface area (Å²) in [6.45, 7) is 10.3. The molecular weight excluding hydrogens is 290 g/mol. The molecule has 0 saturated heterocycles. The summed E-state index contributed by atoms with van der Waals surface area (Å²) in [5.41, 5.74) is 0.572. The molecule has 4 nitrogen and oxygen atoms in total. The van der Waals surface area contributed by atoms with Crippen LogP contribution < -0.4 is 4.74 Å². The van der Waals surface area contributed by atoms with Crippen LogP contribution in [0.2, 0.25) is 0 Å². The Kier molecular flexibility index (Phi) is 10.1. The quantitative estimate of drug-likeness (QED) is 0.428. The molecule has 0 fully saturated rings. The molecule has 0 aliphatic rings. The van der Waals surface area contributed by atoms with Gasteiger partial charge in [0.1, 0.15) is 12.4 Å². The van der Waals surface area contributed by atoms with Crippen molar-refractivity contribution in [2.75, 3.05) is 32.8 Å². The van der Waals surface area contributed by atoms with E-state index in [2.05, 4.69) is 25.7 Å². The first kappa shape index (κ1) is 19.5. The van der Waals surface area contributed by atoms with Crippen molar-refractivity contribution < 1.29 is 14.3 Å². The summed E-state index contributed by atoms with van der Waals surface area (Å²) in [5, 5.41) is 0. The number of carbonyl (C=O) groups excluding carboxylic acids is 1. The number of unbranched alkanes of at least 4 members (excludes halogenated alkanes) is 3. The van der Waals surface area contributed by atoms with Gasteiger partial charge >= 0.3 is 5.97 Å². The van der Waals surface area contributed by atoms with Crippen LogP contribution in [-0.4, -0.2) is 43.7 Å². The van der Waals surface area contributed by atoms with Gasteiger partial charge in [-0.2, -0.15) is 0 Å².